The molecule has 0 saturated heterocycles. The standard InChI is InChI=1S/C16H19BrN2O/c17-15-4-2-1-3-12(15)10-19(14-7-8-14)16(20)11-5-6-13(18)9-11/h1-6,11,13-14H,7-10,18H2. The first-order valence-corrected chi connectivity index (χ1v) is 7.92. The minimum absolute atomic E-state index is 0.0342. The minimum atomic E-state index is -0.0342. The SMILES string of the molecule is NC1C=CC(C(=O)N(Cc2ccccc2Br)C2CC2)C1. The first kappa shape index (κ1) is 13.8. The van der Waals surface area contributed by atoms with Crippen LogP contribution in [0.1, 0.15) is 24.8 Å². The van der Waals surface area contributed by atoms with E-state index in [9.17, 15) is 4.79 Å². The first-order chi connectivity index (χ1) is 9.65. The van der Waals surface area contributed by atoms with E-state index in [4.69, 9.17) is 5.73 Å². The van der Waals surface area contributed by atoms with Gasteiger partial charge < -0.3 is 10.6 Å². The van der Waals surface area contributed by atoms with Gasteiger partial charge in [-0.25, -0.2) is 0 Å². The Balaban J connectivity index is 1.75. The lowest BCUT2D eigenvalue weighted by Gasteiger charge is -2.26. The van der Waals surface area contributed by atoms with Crippen molar-refractivity contribution in [1.29, 1.82) is 0 Å². The van der Waals surface area contributed by atoms with Crippen molar-refractivity contribution in [2.75, 3.05) is 0 Å². The highest BCUT2D eigenvalue weighted by Crippen LogP contribution is 2.32. The second-order valence-electron chi connectivity index (χ2n) is 5.68. The van der Waals surface area contributed by atoms with E-state index in [1.165, 1.54) is 5.56 Å². The van der Waals surface area contributed by atoms with Gasteiger partial charge >= 0.3 is 0 Å². The van der Waals surface area contributed by atoms with Gasteiger partial charge in [0.1, 0.15) is 0 Å². The van der Waals surface area contributed by atoms with Crippen molar-refractivity contribution in [1.82, 2.24) is 4.90 Å². The lowest BCUT2D eigenvalue weighted by atomic mass is 10.1. The van der Waals surface area contributed by atoms with Crippen LogP contribution in [-0.4, -0.2) is 22.9 Å². The first-order valence-electron chi connectivity index (χ1n) is 7.13. The summed E-state index contributed by atoms with van der Waals surface area (Å²) in [5, 5.41) is 0. The van der Waals surface area contributed by atoms with E-state index in [1.54, 1.807) is 0 Å². The number of benzene rings is 1. The summed E-state index contributed by atoms with van der Waals surface area (Å²) in [5.41, 5.74) is 7.03. The molecule has 0 aromatic heterocycles. The van der Waals surface area contributed by atoms with Gasteiger partial charge in [-0.3, -0.25) is 4.79 Å². The maximum atomic E-state index is 12.7. The number of hydrogen-bond acceptors (Lipinski definition) is 2. The maximum absolute atomic E-state index is 12.7. The van der Waals surface area contributed by atoms with E-state index < -0.39 is 0 Å². The van der Waals surface area contributed by atoms with Crippen LogP contribution in [0.2, 0.25) is 0 Å². The largest absolute Gasteiger partial charge is 0.335 e. The Bertz CT molecular complexity index is 539. The van der Waals surface area contributed by atoms with Gasteiger partial charge in [0, 0.05) is 23.1 Å². The summed E-state index contributed by atoms with van der Waals surface area (Å²) in [6, 6.07) is 8.56. The Morgan fingerprint density at radius 1 is 1.30 bits per heavy atom. The van der Waals surface area contributed by atoms with E-state index in [0.29, 0.717) is 12.6 Å². The van der Waals surface area contributed by atoms with E-state index in [1.807, 2.05) is 35.3 Å². The molecule has 3 nitrogen and oxygen atoms in total. The minimum Gasteiger partial charge on any atom is -0.335 e. The van der Waals surface area contributed by atoms with Crippen LogP contribution in [-0.2, 0) is 11.3 Å². The number of halogens is 1. The van der Waals surface area contributed by atoms with Crippen LogP contribution in [0.3, 0.4) is 0 Å². The van der Waals surface area contributed by atoms with Crippen LogP contribution in [0, 0.1) is 5.92 Å². The zero-order chi connectivity index (χ0) is 14.1. The molecular formula is C16H19BrN2O. The van der Waals surface area contributed by atoms with Gasteiger partial charge in [0.25, 0.3) is 0 Å². The number of carbonyl (C=O) groups excluding carboxylic acids is 1. The van der Waals surface area contributed by atoms with Gasteiger partial charge in [-0.2, -0.15) is 0 Å². The molecule has 1 fully saturated rings. The third-order valence-electron chi connectivity index (χ3n) is 4.00. The molecule has 2 aliphatic rings. The molecule has 0 spiro atoms. The molecule has 20 heavy (non-hydrogen) atoms. The Hall–Kier alpha value is -1.13. The number of hydrogen-bond donors (Lipinski definition) is 1. The topological polar surface area (TPSA) is 46.3 Å². The fourth-order valence-corrected chi connectivity index (χ4v) is 3.12. The lowest BCUT2D eigenvalue weighted by molar-refractivity contribution is -0.135. The molecule has 0 bridgehead atoms. The molecule has 106 valence electrons. The van der Waals surface area contributed by atoms with Crippen molar-refractivity contribution in [2.45, 2.75) is 37.9 Å². The Morgan fingerprint density at radius 3 is 2.65 bits per heavy atom. The Labute approximate surface area is 128 Å². The van der Waals surface area contributed by atoms with Crippen LogP contribution in [0.5, 0.6) is 0 Å². The van der Waals surface area contributed by atoms with Crippen LogP contribution in [0.25, 0.3) is 0 Å². The normalized spacial score (nSPS) is 24.9. The summed E-state index contributed by atoms with van der Waals surface area (Å²) in [5.74, 6) is 0.195. The van der Waals surface area contributed by atoms with Gasteiger partial charge in [-0.15, -0.1) is 0 Å². The van der Waals surface area contributed by atoms with Gasteiger partial charge in [-0.05, 0) is 30.9 Å². The van der Waals surface area contributed by atoms with E-state index in [0.717, 1.165) is 23.7 Å². The van der Waals surface area contributed by atoms with E-state index >= 15 is 0 Å². The van der Waals surface area contributed by atoms with Crippen molar-refractivity contribution in [2.24, 2.45) is 11.7 Å². The highest BCUT2D eigenvalue weighted by Gasteiger charge is 2.36. The quantitative estimate of drug-likeness (QED) is 0.860. The zero-order valence-corrected chi connectivity index (χ0v) is 12.9. The van der Waals surface area contributed by atoms with E-state index in [2.05, 4.69) is 22.0 Å². The van der Waals surface area contributed by atoms with Crippen LogP contribution in [0.15, 0.2) is 40.9 Å². The van der Waals surface area contributed by atoms with Crippen molar-refractivity contribution < 1.29 is 4.79 Å². The molecule has 1 aromatic carbocycles. The molecule has 0 heterocycles. The summed E-state index contributed by atoms with van der Waals surface area (Å²) in [7, 11) is 0. The molecule has 1 aromatic rings. The average molecular weight is 335 g/mol. The molecule has 2 N–H and O–H groups in total. The third-order valence-corrected chi connectivity index (χ3v) is 4.78. The third kappa shape index (κ3) is 2.96. The summed E-state index contributed by atoms with van der Waals surface area (Å²) in [6.07, 6.45) is 6.92. The van der Waals surface area contributed by atoms with Crippen molar-refractivity contribution in [3.05, 3.63) is 46.5 Å². The Kier molecular flexibility index (Phi) is 3.94. The lowest BCUT2D eigenvalue weighted by Crippen LogP contribution is -2.37. The summed E-state index contributed by atoms with van der Waals surface area (Å²) in [4.78, 5) is 14.7. The molecule has 0 aliphatic heterocycles. The molecule has 4 heteroatoms. The summed E-state index contributed by atoms with van der Waals surface area (Å²) < 4.78 is 1.07. The highest BCUT2D eigenvalue weighted by atomic mass is 79.9. The van der Waals surface area contributed by atoms with Crippen molar-refractivity contribution >= 4 is 21.8 Å². The fourth-order valence-electron chi connectivity index (χ4n) is 2.71. The number of rotatable bonds is 4. The molecule has 2 aliphatic carbocycles. The number of carbonyl (C=O) groups is 1. The van der Waals surface area contributed by atoms with Crippen molar-refractivity contribution in [3.63, 3.8) is 0 Å². The molecule has 1 amide bonds. The molecule has 2 unspecified atom stereocenters. The number of amides is 1. The van der Waals surface area contributed by atoms with Gasteiger partial charge in [0.15, 0.2) is 0 Å². The molecular weight excluding hydrogens is 316 g/mol. The highest BCUT2D eigenvalue weighted by molar-refractivity contribution is 9.10. The fraction of sp³-hybridized carbons (Fsp3) is 0.438. The molecule has 3 rings (SSSR count). The predicted molar refractivity (Wildman–Crippen MR) is 82.9 cm³/mol. The number of nitrogens with two attached hydrogens (primary N) is 1. The second kappa shape index (κ2) is 5.70. The van der Waals surface area contributed by atoms with Crippen molar-refractivity contribution in [3.8, 4) is 0 Å². The summed E-state index contributed by atoms with van der Waals surface area (Å²) in [6.45, 7) is 0.685. The van der Waals surface area contributed by atoms with Gasteiger partial charge in [-0.1, -0.05) is 46.3 Å². The second-order valence-corrected chi connectivity index (χ2v) is 6.53. The van der Waals surface area contributed by atoms with Crippen LogP contribution in [0.4, 0.5) is 0 Å². The number of nitrogens with zero attached hydrogens (tertiary/aromatic N) is 1. The summed E-state index contributed by atoms with van der Waals surface area (Å²) >= 11 is 3.56. The van der Waals surface area contributed by atoms with Crippen LogP contribution >= 0.6 is 15.9 Å². The van der Waals surface area contributed by atoms with Gasteiger partial charge in [0.05, 0.1) is 5.92 Å². The maximum Gasteiger partial charge on any atom is 0.230 e. The molecule has 2 atom stereocenters. The predicted octanol–water partition coefficient (Wildman–Crippen LogP) is 2.84. The van der Waals surface area contributed by atoms with Crippen LogP contribution < -0.4 is 5.73 Å². The monoisotopic (exact) mass is 334 g/mol. The van der Waals surface area contributed by atoms with Gasteiger partial charge in [0.2, 0.25) is 5.91 Å². The average Bonchev–Trinajstić information content (AvgIpc) is 3.18. The van der Waals surface area contributed by atoms with E-state index in [-0.39, 0.29) is 17.9 Å². The Morgan fingerprint density at radius 2 is 2.05 bits per heavy atom. The smallest absolute Gasteiger partial charge is 0.230 e. The zero-order valence-electron chi connectivity index (χ0n) is 11.3. The molecule has 0 radical (unpaired) electrons. The molecule has 1 saturated carbocycles.